The van der Waals surface area contributed by atoms with Crippen molar-refractivity contribution in [1.82, 2.24) is 10.2 Å². The molecule has 0 heterocycles. The number of rotatable bonds is 5. The average molecular weight is 212 g/mol. The molecule has 0 radical (unpaired) electrons. The first-order valence-corrected chi connectivity index (χ1v) is 6.56. The summed E-state index contributed by atoms with van der Waals surface area (Å²) in [5.41, 5.74) is 0. The second-order valence-electron chi connectivity index (χ2n) is 5.35. The molecule has 0 saturated heterocycles. The van der Waals surface area contributed by atoms with Gasteiger partial charge in [-0.15, -0.1) is 0 Å². The number of likely N-dealkylation sites (N-methyl/N-ethyl adjacent to an activating group) is 1. The van der Waals surface area contributed by atoms with Gasteiger partial charge in [-0.05, 0) is 40.7 Å². The normalized spacial score (nSPS) is 21.2. The van der Waals surface area contributed by atoms with E-state index in [9.17, 15) is 0 Å². The Morgan fingerprint density at radius 3 is 2.27 bits per heavy atom. The third-order valence-corrected chi connectivity index (χ3v) is 3.82. The van der Waals surface area contributed by atoms with Crippen LogP contribution in [-0.4, -0.2) is 36.6 Å². The topological polar surface area (TPSA) is 15.3 Å². The van der Waals surface area contributed by atoms with Crippen LogP contribution in [-0.2, 0) is 0 Å². The van der Waals surface area contributed by atoms with Crippen molar-refractivity contribution in [3.63, 3.8) is 0 Å². The van der Waals surface area contributed by atoms with E-state index in [1.165, 1.54) is 32.1 Å². The van der Waals surface area contributed by atoms with Crippen molar-refractivity contribution in [2.24, 2.45) is 0 Å². The van der Waals surface area contributed by atoms with E-state index < -0.39 is 0 Å². The molecule has 0 spiro atoms. The van der Waals surface area contributed by atoms with Crippen LogP contribution in [0.4, 0.5) is 0 Å². The van der Waals surface area contributed by atoms with Gasteiger partial charge in [-0.1, -0.05) is 19.3 Å². The molecular weight excluding hydrogens is 184 g/mol. The summed E-state index contributed by atoms with van der Waals surface area (Å²) < 4.78 is 0. The standard InChI is InChI=1S/C13H28N2/c1-11(2)15(4)12(3)10-14-13-8-6-5-7-9-13/h11-14H,5-10H2,1-4H3. The second kappa shape index (κ2) is 6.49. The monoisotopic (exact) mass is 212 g/mol. The zero-order chi connectivity index (χ0) is 11.3. The maximum atomic E-state index is 3.72. The number of nitrogens with one attached hydrogen (secondary N) is 1. The summed E-state index contributed by atoms with van der Waals surface area (Å²) in [4.78, 5) is 2.44. The third-order valence-electron chi connectivity index (χ3n) is 3.82. The summed E-state index contributed by atoms with van der Waals surface area (Å²) in [6.45, 7) is 7.98. The van der Waals surface area contributed by atoms with E-state index in [2.05, 4.69) is 38.0 Å². The summed E-state index contributed by atoms with van der Waals surface area (Å²) in [6, 6.07) is 2.09. The second-order valence-corrected chi connectivity index (χ2v) is 5.35. The van der Waals surface area contributed by atoms with Crippen molar-refractivity contribution in [2.45, 2.75) is 71.0 Å². The summed E-state index contributed by atoms with van der Waals surface area (Å²) >= 11 is 0. The highest BCUT2D eigenvalue weighted by Gasteiger charge is 2.16. The van der Waals surface area contributed by atoms with Gasteiger partial charge in [0.1, 0.15) is 0 Å². The van der Waals surface area contributed by atoms with Gasteiger partial charge in [0.15, 0.2) is 0 Å². The van der Waals surface area contributed by atoms with Crippen LogP contribution in [0.15, 0.2) is 0 Å². The first-order valence-electron chi connectivity index (χ1n) is 6.56. The fourth-order valence-electron chi connectivity index (χ4n) is 2.30. The largest absolute Gasteiger partial charge is 0.312 e. The Labute approximate surface area is 95.4 Å². The molecule has 0 bridgehead atoms. The van der Waals surface area contributed by atoms with Crippen molar-refractivity contribution in [2.75, 3.05) is 13.6 Å². The first-order chi connectivity index (χ1) is 7.11. The fraction of sp³-hybridized carbons (Fsp3) is 1.00. The lowest BCUT2D eigenvalue weighted by atomic mass is 9.95. The zero-order valence-corrected chi connectivity index (χ0v) is 10.9. The lowest BCUT2D eigenvalue weighted by molar-refractivity contribution is 0.195. The third kappa shape index (κ3) is 4.52. The highest BCUT2D eigenvalue weighted by molar-refractivity contribution is 4.76. The van der Waals surface area contributed by atoms with Crippen molar-refractivity contribution in [3.8, 4) is 0 Å². The maximum Gasteiger partial charge on any atom is 0.0192 e. The van der Waals surface area contributed by atoms with E-state index in [-0.39, 0.29) is 0 Å². The molecule has 1 N–H and O–H groups in total. The number of hydrogen-bond donors (Lipinski definition) is 1. The van der Waals surface area contributed by atoms with Crippen LogP contribution in [0.5, 0.6) is 0 Å². The van der Waals surface area contributed by atoms with Crippen LogP contribution >= 0.6 is 0 Å². The van der Waals surface area contributed by atoms with E-state index in [1.807, 2.05) is 0 Å². The minimum atomic E-state index is 0.645. The van der Waals surface area contributed by atoms with E-state index in [1.54, 1.807) is 0 Å². The Morgan fingerprint density at radius 2 is 1.73 bits per heavy atom. The molecule has 0 aliphatic heterocycles. The van der Waals surface area contributed by atoms with Gasteiger partial charge >= 0.3 is 0 Å². The minimum absolute atomic E-state index is 0.645. The smallest absolute Gasteiger partial charge is 0.0192 e. The van der Waals surface area contributed by atoms with E-state index in [0.717, 1.165) is 12.6 Å². The van der Waals surface area contributed by atoms with Gasteiger partial charge in [0.25, 0.3) is 0 Å². The Hall–Kier alpha value is -0.0800. The van der Waals surface area contributed by atoms with Crippen LogP contribution in [0, 0.1) is 0 Å². The van der Waals surface area contributed by atoms with Crippen LogP contribution in [0.2, 0.25) is 0 Å². The van der Waals surface area contributed by atoms with Gasteiger partial charge in [0.2, 0.25) is 0 Å². The van der Waals surface area contributed by atoms with Gasteiger partial charge in [0, 0.05) is 24.7 Å². The van der Waals surface area contributed by atoms with Gasteiger partial charge in [-0.2, -0.15) is 0 Å². The quantitative estimate of drug-likeness (QED) is 0.753. The lowest BCUT2D eigenvalue weighted by Gasteiger charge is -2.31. The molecule has 90 valence electrons. The SMILES string of the molecule is CC(C)N(C)C(C)CNC1CCCCC1. The van der Waals surface area contributed by atoms with Crippen molar-refractivity contribution in [3.05, 3.63) is 0 Å². The summed E-state index contributed by atoms with van der Waals surface area (Å²) in [7, 11) is 2.22. The molecule has 15 heavy (non-hydrogen) atoms. The number of nitrogens with zero attached hydrogens (tertiary/aromatic N) is 1. The molecule has 1 atom stereocenters. The Morgan fingerprint density at radius 1 is 1.13 bits per heavy atom. The van der Waals surface area contributed by atoms with Crippen molar-refractivity contribution >= 4 is 0 Å². The van der Waals surface area contributed by atoms with Gasteiger partial charge in [0.05, 0.1) is 0 Å². The molecule has 1 unspecified atom stereocenters. The molecule has 1 rings (SSSR count). The molecule has 1 aliphatic rings. The molecule has 1 fully saturated rings. The van der Waals surface area contributed by atoms with Crippen LogP contribution in [0.25, 0.3) is 0 Å². The average Bonchev–Trinajstić information content (AvgIpc) is 2.26. The van der Waals surface area contributed by atoms with Crippen molar-refractivity contribution < 1.29 is 0 Å². The molecule has 2 nitrogen and oxygen atoms in total. The van der Waals surface area contributed by atoms with Crippen LogP contribution in [0.1, 0.15) is 52.9 Å². The summed E-state index contributed by atoms with van der Waals surface area (Å²) in [5, 5.41) is 3.72. The Balaban J connectivity index is 2.17. The Bertz CT molecular complexity index is 162. The highest BCUT2D eigenvalue weighted by atomic mass is 15.2. The zero-order valence-electron chi connectivity index (χ0n) is 10.9. The predicted octanol–water partition coefficient (Wildman–Crippen LogP) is 2.64. The van der Waals surface area contributed by atoms with Crippen LogP contribution < -0.4 is 5.32 Å². The van der Waals surface area contributed by atoms with Gasteiger partial charge in [-0.3, -0.25) is 0 Å². The lowest BCUT2D eigenvalue weighted by Crippen LogP contribution is -2.44. The number of hydrogen-bond acceptors (Lipinski definition) is 2. The minimum Gasteiger partial charge on any atom is -0.312 e. The molecule has 2 heteroatoms. The molecule has 0 aromatic carbocycles. The van der Waals surface area contributed by atoms with Gasteiger partial charge in [-0.25, -0.2) is 0 Å². The molecular formula is C13H28N2. The molecule has 0 amide bonds. The molecule has 0 aromatic heterocycles. The van der Waals surface area contributed by atoms with E-state index in [4.69, 9.17) is 0 Å². The molecule has 1 aliphatic carbocycles. The van der Waals surface area contributed by atoms with Crippen molar-refractivity contribution in [1.29, 1.82) is 0 Å². The Kier molecular flexibility index (Phi) is 5.62. The summed E-state index contributed by atoms with van der Waals surface area (Å²) in [6.07, 6.45) is 7.06. The highest BCUT2D eigenvalue weighted by Crippen LogP contribution is 2.17. The van der Waals surface area contributed by atoms with Gasteiger partial charge < -0.3 is 10.2 Å². The van der Waals surface area contributed by atoms with E-state index >= 15 is 0 Å². The fourth-order valence-corrected chi connectivity index (χ4v) is 2.30. The summed E-state index contributed by atoms with van der Waals surface area (Å²) in [5.74, 6) is 0. The van der Waals surface area contributed by atoms with E-state index in [0.29, 0.717) is 12.1 Å². The molecule has 0 aromatic rings. The molecule has 1 saturated carbocycles. The van der Waals surface area contributed by atoms with Crippen LogP contribution in [0.3, 0.4) is 0 Å². The maximum absolute atomic E-state index is 3.72. The first kappa shape index (κ1) is 13.0. The predicted molar refractivity (Wildman–Crippen MR) is 67.2 cm³/mol.